The van der Waals surface area contributed by atoms with E-state index in [9.17, 15) is 0 Å². The average Bonchev–Trinajstić information content (AvgIpc) is 2.11. The van der Waals surface area contributed by atoms with Gasteiger partial charge in [-0.15, -0.1) is 0 Å². The SMILES string of the molecule is CNC(C#N)CCOCCOC. The molecule has 4 heteroatoms. The molecule has 0 aliphatic heterocycles. The Labute approximate surface area is 73.5 Å². The molecule has 0 aromatic carbocycles. The third-order valence-electron chi connectivity index (χ3n) is 1.49. The zero-order chi connectivity index (χ0) is 9.23. The van der Waals surface area contributed by atoms with Crippen molar-refractivity contribution in [2.75, 3.05) is 34.0 Å². The first kappa shape index (κ1) is 11.4. The van der Waals surface area contributed by atoms with Crippen LogP contribution in [0, 0.1) is 11.3 Å². The third kappa shape index (κ3) is 6.10. The maximum Gasteiger partial charge on any atom is 0.0972 e. The highest BCUT2D eigenvalue weighted by Gasteiger charge is 2.01. The minimum Gasteiger partial charge on any atom is -0.382 e. The largest absolute Gasteiger partial charge is 0.382 e. The van der Waals surface area contributed by atoms with Crippen molar-refractivity contribution in [3.8, 4) is 6.07 Å². The molecule has 0 saturated heterocycles. The van der Waals surface area contributed by atoms with E-state index < -0.39 is 0 Å². The number of nitrogens with one attached hydrogen (secondary N) is 1. The van der Waals surface area contributed by atoms with Gasteiger partial charge < -0.3 is 14.8 Å². The second-order valence-corrected chi connectivity index (χ2v) is 2.36. The Kier molecular flexibility index (Phi) is 8.02. The number of nitrogens with zero attached hydrogens (tertiary/aromatic N) is 1. The van der Waals surface area contributed by atoms with Crippen molar-refractivity contribution in [1.82, 2.24) is 5.32 Å². The van der Waals surface area contributed by atoms with Crippen LogP contribution in [0.15, 0.2) is 0 Å². The van der Waals surface area contributed by atoms with E-state index in [4.69, 9.17) is 14.7 Å². The van der Waals surface area contributed by atoms with Gasteiger partial charge in [0.25, 0.3) is 0 Å². The Bertz CT molecular complexity index is 134. The van der Waals surface area contributed by atoms with Gasteiger partial charge in [-0.2, -0.15) is 5.26 Å². The van der Waals surface area contributed by atoms with Crippen LogP contribution in [0.2, 0.25) is 0 Å². The van der Waals surface area contributed by atoms with Gasteiger partial charge in [-0.1, -0.05) is 0 Å². The lowest BCUT2D eigenvalue weighted by atomic mass is 10.2. The minimum absolute atomic E-state index is 0.104. The summed E-state index contributed by atoms with van der Waals surface area (Å²) < 4.78 is 9.99. The Morgan fingerprint density at radius 2 is 2.17 bits per heavy atom. The van der Waals surface area contributed by atoms with Crippen molar-refractivity contribution < 1.29 is 9.47 Å². The van der Waals surface area contributed by atoms with Crippen LogP contribution in [-0.4, -0.2) is 40.0 Å². The summed E-state index contributed by atoms with van der Waals surface area (Å²) in [6.07, 6.45) is 0.719. The lowest BCUT2D eigenvalue weighted by Gasteiger charge is -2.07. The fourth-order valence-electron chi connectivity index (χ4n) is 0.719. The van der Waals surface area contributed by atoms with Gasteiger partial charge >= 0.3 is 0 Å². The Hall–Kier alpha value is -0.630. The quantitative estimate of drug-likeness (QED) is 0.555. The molecule has 0 aromatic heterocycles. The van der Waals surface area contributed by atoms with E-state index in [0.717, 1.165) is 6.42 Å². The summed E-state index contributed by atoms with van der Waals surface area (Å²) in [5, 5.41) is 11.4. The number of hydrogen-bond donors (Lipinski definition) is 1. The van der Waals surface area contributed by atoms with E-state index in [-0.39, 0.29) is 6.04 Å². The predicted molar refractivity (Wildman–Crippen MR) is 45.8 cm³/mol. The second-order valence-electron chi connectivity index (χ2n) is 2.36. The second kappa shape index (κ2) is 8.47. The number of ether oxygens (including phenoxy) is 2. The van der Waals surface area contributed by atoms with Gasteiger partial charge in [0.15, 0.2) is 0 Å². The summed E-state index contributed by atoms with van der Waals surface area (Å²) in [4.78, 5) is 0. The Morgan fingerprint density at radius 1 is 1.42 bits per heavy atom. The molecule has 0 amide bonds. The van der Waals surface area contributed by atoms with Crippen LogP contribution >= 0.6 is 0 Å². The summed E-state index contributed by atoms with van der Waals surface area (Å²) in [6, 6.07) is 2.02. The molecule has 0 aliphatic carbocycles. The van der Waals surface area contributed by atoms with E-state index in [2.05, 4.69) is 11.4 Å². The molecule has 0 fully saturated rings. The summed E-state index contributed by atoms with van der Waals surface area (Å²) in [5.41, 5.74) is 0. The first-order valence-corrected chi connectivity index (χ1v) is 3.98. The van der Waals surface area contributed by atoms with Crippen LogP contribution in [0.3, 0.4) is 0 Å². The van der Waals surface area contributed by atoms with E-state index in [0.29, 0.717) is 19.8 Å². The van der Waals surface area contributed by atoms with E-state index >= 15 is 0 Å². The highest BCUT2D eigenvalue weighted by atomic mass is 16.5. The van der Waals surface area contributed by atoms with Crippen LogP contribution in [0.4, 0.5) is 0 Å². The van der Waals surface area contributed by atoms with Gasteiger partial charge in [-0.05, 0) is 13.5 Å². The topological polar surface area (TPSA) is 54.3 Å². The summed E-state index contributed by atoms with van der Waals surface area (Å²) >= 11 is 0. The van der Waals surface area contributed by atoms with Crippen molar-refractivity contribution in [3.05, 3.63) is 0 Å². The monoisotopic (exact) mass is 172 g/mol. The Balaban J connectivity index is 3.13. The molecule has 0 heterocycles. The minimum atomic E-state index is -0.104. The average molecular weight is 172 g/mol. The summed E-state index contributed by atoms with van der Waals surface area (Å²) in [7, 11) is 3.40. The number of nitriles is 1. The molecule has 12 heavy (non-hydrogen) atoms. The smallest absolute Gasteiger partial charge is 0.0972 e. The first-order chi connectivity index (χ1) is 5.85. The number of rotatable bonds is 7. The van der Waals surface area contributed by atoms with E-state index in [1.807, 2.05) is 0 Å². The van der Waals surface area contributed by atoms with Gasteiger partial charge in [-0.25, -0.2) is 0 Å². The van der Waals surface area contributed by atoms with Gasteiger partial charge in [0, 0.05) is 13.7 Å². The zero-order valence-electron chi connectivity index (χ0n) is 7.67. The third-order valence-corrected chi connectivity index (χ3v) is 1.49. The maximum absolute atomic E-state index is 8.54. The molecule has 1 unspecified atom stereocenters. The molecule has 0 aliphatic rings. The highest BCUT2D eigenvalue weighted by molar-refractivity contribution is 4.87. The highest BCUT2D eigenvalue weighted by Crippen LogP contribution is 1.89. The lowest BCUT2D eigenvalue weighted by molar-refractivity contribution is 0.0678. The van der Waals surface area contributed by atoms with Crippen LogP contribution in [0.5, 0.6) is 0 Å². The molecule has 0 aromatic rings. The van der Waals surface area contributed by atoms with Crippen LogP contribution < -0.4 is 5.32 Å². The fourth-order valence-corrected chi connectivity index (χ4v) is 0.719. The molecular formula is C8H16N2O2. The molecule has 0 rings (SSSR count). The summed E-state index contributed by atoms with van der Waals surface area (Å²) in [5.74, 6) is 0. The predicted octanol–water partition coefficient (Wildman–Crippen LogP) is 0.151. The summed E-state index contributed by atoms with van der Waals surface area (Å²) in [6.45, 7) is 1.80. The van der Waals surface area contributed by atoms with E-state index in [1.54, 1.807) is 14.2 Å². The van der Waals surface area contributed by atoms with Gasteiger partial charge in [0.2, 0.25) is 0 Å². The molecule has 0 radical (unpaired) electrons. The molecular weight excluding hydrogens is 156 g/mol. The van der Waals surface area contributed by atoms with Gasteiger partial charge in [0.05, 0.1) is 25.3 Å². The molecule has 70 valence electrons. The van der Waals surface area contributed by atoms with Gasteiger partial charge in [0.1, 0.15) is 0 Å². The van der Waals surface area contributed by atoms with Crippen molar-refractivity contribution in [2.45, 2.75) is 12.5 Å². The molecule has 0 spiro atoms. The number of methoxy groups -OCH3 is 1. The zero-order valence-corrected chi connectivity index (χ0v) is 7.67. The molecule has 0 saturated carbocycles. The normalized spacial score (nSPS) is 12.4. The van der Waals surface area contributed by atoms with E-state index in [1.165, 1.54) is 0 Å². The Morgan fingerprint density at radius 3 is 2.67 bits per heavy atom. The number of hydrogen-bond acceptors (Lipinski definition) is 4. The van der Waals surface area contributed by atoms with Crippen molar-refractivity contribution in [3.63, 3.8) is 0 Å². The fraction of sp³-hybridized carbons (Fsp3) is 0.875. The van der Waals surface area contributed by atoms with Crippen molar-refractivity contribution >= 4 is 0 Å². The van der Waals surface area contributed by atoms with Crippen LogP contribution in [0.1, 0.15) is 6.42 Å². The standard InChI is InChI=1S/C8H16N2O2/c1-10-8(7-9)3-4-12-6-5-11-2/h8,10H,3-6H2,1-2H3. The lowest BCUT2D eigenvalue weighted by Crippen LogP contribution is -2.24. The van der Waals surface area contributed by atoms with Crippen LogP contribution in [0.25, 0.3) is 0 Å². The molecule has 4 nitrogen and oxygen atoms in total. The van der Waals surface area contributed by atoms with Gasteiger partial charge in [-0.3, -0.25) is 0 Å². The first-order valence-electron chi connectivity index (χ1n) is 3.98. The van der Waals surface area contributed by atoms with Crippen molar-refractivity contribution in [2.24, 2.45) is 0 Å². The molecule has 1 atom stereocenters. The van der Waals surface area contributed by atoms with Crippen LogP contribution in [-0.2, 0) is 9.47 Å². The molecule has 1 N–H and O–H groups in total. The van der Waals surface area contributed by atoms with Crippen molar-refractivity contribution in [1.29, 1.82) is 5.26 Å². The maximum atomic E-state index is 8.54. The molecule has 0 bridgehead atoms.